The molecule has 2 heterocycles. The molecule has 0 radical (unpaired) electrons. The van der Waals surface area contributed by atoms with Crippen LogP contribution in [-0.4, -0.2) is 101 Å². The SMILES string of the molecule is CC(=O)CCC1C(=O)NC(C(C)C)C(=O)NC(Cc2ccccc2)C(=O)N2CCCC(N2)C(=O)O[C@H](/C(C)=C/C=C/C(=O)N(C)C)C/C=C/C=C/CC(C)C1O. The van der Waals surface area contributed by atoms with E-state index in [2.05, 4.69) is 16.1 Å². The van der Waals surface area contributed by atoms with Crippen LogP contribution in [0.4, 0.5) is 0 Å². The Balaban J connectivity index is 2.03. The average Bonchev–Trinajstić information content (AvgIpc) is 3.16. The molecule has 6 unspecified atom stereocenters. The van der Waals surface area contributed by atoms with E-state index in [0.29, 0.717) is 31.3 Å². The molecule has 4 N–H and O–H groups in total. The third-order valence-corrected chi connectivity index (χ3v) is 10.1. The smallest absolute Gasteiger partial charge is 0.325 e. The van der Waals surface area contributed by atoms with Gasteiger partial charge in [-0.05, 0) is 62.5 Å². The minimum Gasteiger partial charge on any atom is -0.456 e. The molecular formula is C43H61N5O8. The summed E-state index contributed by atoms with van der Waals surface area (Å²) < 4.78 is 6.04. The predicted octanol–water partition coefficient (Wildman–Crippen LogP) is 3.74. The summed E-state index contributed by atoms with van der Waals surface area (Å²) >= 11 is 0. The first-order chi connectivity index (χ1) is 26.6. The van der Waals surface area contributed by atoms with Gasteiger partial charge in [0.25, 0.3) is 5.91 Å². The number of nitrogens with zero attached hydrogens (tertiary/aromatic N) is 2. The highest BCUT2D eigenvalue weighted by atomic mass is 16.5. The van der Waals surface area contributed by atoms with Gasteiger partial charge in [-0.25, -0.2) is 5.43 Å². The number of aliphatic hydroxyl groups is 1. The number of carbonyl (C=O) groups is 6. The number of aliphatic hydroxyl groups excluding tert-OH is 1. The van der Waals surface area contributed by atoms with Gasteiger partial charge in [-0.1, -0.05) is 87.6 Å². The molecule has 56 heavy (non-hydrogen) atoms. The van der Waals surface area contributed by atoms with Crippen molar-refractivity contribution >= 4 is 35.4 Å². The van der Waals surface area contributed by atoms with Crippen molar-refractivity contribution in [3.05, 3.63) is 84.0 Å². The van der Waals surface area contributed by atoms with Crippen LogP contribution in [0, 0.1) is 17.8 Å². The molecular weight excluding hydrogens is 714 g/mol. The first-order valence-electron chi connectivity index (χ1n) is 19.6. The van der Waals surface area contributed by atoms with Gasteiger partial charge in [0, 0.05) is 46.0 Å². The molecule has 0 aromatic heterocycles. The lowest BCUT2D eigenvalue weighted by molar-refractivity contribution is -0.156. The quantitative estimate of drug-likeness (QED) is 0.166. The number of carbonyl (C=O) groups excluding carboxylic acids is 6. The summed E-state index contributed by atoms with van der Waals surface area (Å²) in [5.41, 5.74) is 4.54. The molecule has 13 heteroatoms. The minimum absolute atomic E-state index is 0.0812. The largest absolute Gasteiger partial charge is 0.456 e. The van der Waals surface area contributed by atoms with E-state index in [9.17, 15) is 33.9 Å². The van der Waals surface area contributed by atoms with Gasteiger partial charge in [0.2, 0.25) is 17.7 Å². The molecule has 1 fully saturated rings. The molecule has 2 aliphatic heterocycles. The lowest BCUT2D eigenvalue weighted by atomic mass is 9.85. The zero-order valence-corrected chi connectivity index (χ0v) is 33.9. The van der Waals surface area contributed by atoms with Gasteiger partial charge >= 0.3 is 5.97 Å². The number of allylic oxidation sites excluding steroid dienone is 5. The van der Waals surface area contributed by atoms with E-state index in [0.717, 1.165) is 5.56 Å². The van der Waals surface area contributed by atoms with Gasteiger partial charge in [0.15, 0.2) is 0 Å². The van der Waals surface area contributed by atoms with Gasteiger partial charge in [-0.15, -0.1) is 0 Å². The van der Waals surface area contributed by atoms with E-state index in [4.69, 9.17) is 4.74 Å². The topological polar surface area (TPSA) is 174 Å². The molecule has 7 atom stereocenters. The highest BCUT2D eigenvalue weighted by Gasteiger charge is 2.37. The van der Waals surface area contributed by atoms with Crippen LogP contribution >= 0.6 is 0 Å². The van der Waals surface area contributed by atoms with Crippen molar-refractivity contribution in [3.8, 4) is 0 Å². The number of amides is 4. The Labute approximate surface area is 331 Å². The fourth-order valence-electron chi connectivity index (χ4n) is 6.50. The van der Waals surface area contributed by atoms with Crippen molar-refractivity contribution in [3.63, 3.8) is 0 Å². The molecule has 2 bridgehead atoms. The van der Waals surface area contributed by atoms with E-state index in [-0.39, 0.29) is 43.4 Å². The Morgan fingerprint density at radius 2 is 1.68 bits per heavy atom. The molecule has 1 aromatic rings. The molecule has 3 rings (SSSR count). The highest BCUT2D eigenvalue weighted by Crippen LogP contribution is 2.23. The summed E-state index contributed by atoms with van der Waals surface area (Å²) in [6.45, 7) is 8.88. The van der Waals surface area contributed by atoms with Crippen molar-refractivity contribution in [2.45, 2.75) is 110 Å². The maximum absolute atomic E-state index is 14.3. The summed E-state index contributed by atoms with van der Waals surface area (Å²) in [6.07, 6.45) is 12.3. The number of cyclic esters (lactones) is 1. The number of ether oxygens (including phenoxy) is 1. The monoisotopic (exact) mass is 775 g/mol. The number of ketones is 1. The Morgan fingerprint density at radius 3 is 2.32 bits per heavy atom. The predicted molar refractivity (Wildman–Crippen MR) is 214 cm³/mol. The molecule has 0 saturated carbocycles. The number of hydrazine groups is 1. The molecule has 0 spiro atoms. The van der Waals surface area contributed by atoms with Crippen LogP contribution in [0.15, 0.2) is 78.4 Å². The van der Waals surface area contributed by atoms with E-state index >= 15 is 0 Å². The first-order valence-corrected chi connectivity index (χ1v) is 19.6. The average molecular weight is 776 g/mol. The van der Waals surface area contributed by atoms with E-state index in [1.807, 2.05) is 68.5 Å². The van der Waals surface area contributed by atoms with Gasteiger partial charge in [0.1, 0.15) is 30.0 Å². The molecule has 13 nitrogen and oxygen atoms in total. The number of nitrogens with one attached hydrogen (secondary N) is 3. The Hall–Kier alpha value is -4.88. The van der Waals surface area contributed by atoms with Crippen molar-refractivity contribution in [1.82, 2.24) is 26.0 Å². The summed E-state index contributed by atoms with van der Waals surface area (Å²) in [6, 6.07) is 6.25. The number of likely N-dealkylation sites (N-methyl/N-ethyl adjacent to an activating group) is 1. The van der Waals surface area contributed by atoms with Crippen LogP contribution < -0.4 is 16.1 Å². The lowest BCUT2D eigenvalue weighted by Gasteiger charge is -2.36. The Bertz CT molecular complexity index is 1640. The lowest BCUT2D eigenvalue weighted by Crippen LogP contribution is -2.62. The first kappa shape index (κ1) is 45.5. The summed E-state index contributed by atoms with van der Waals surface area (Å²) in [5.74, 6) is -4.19. The third-order valence-electron chi connectivity index (χ3n) is 10.1. The maximum Gasteiger partial charge on any atom is 0.325 e. The normalized spacial score (nSPS) is 27.7. The van der Waals surface area contributed by atoms with Crippen molar-refractivity contribution < 1.29 is 38.6 Å². The standard InChI is InChI=1S/C43H61N5O8/c1-28(2)38-41(53)44-35(27-32-19-12-10-13-20-32)42(54)48-26-16-21-34(46-48)43(55)56-36(29(3)18-15-23-37(50)47(6)7)22-14-9-8-11-17-30(4)39(51)33(40(52)45-38)25-24-31(5)49/h8-15,18-20,23,28,30,33-36,38-39,46,51H,16-17,21-22,24-27H2,1-7H3,(H,44,53)(H,45,52)/b11-8+,14-9+,23-15+,29-18+/t30?,33?,34?,35?,36-,38?,39?/m0/s1. The van der Waals surface area contributed by atoms with Crippen molar-refractivity contribution in [2.75, 3.05) is 20.6 Å². The second-order valence-corrected chi connectivity index (χ2v) is 15.4. The summed E-state index contributed by atoms with van der Waals surface area (Å²) in [7, 11) is 3.30. The zero-order chi connectivity index (χ0) is 41.4. The molecule has 0 aliphatic carbocycles. The van der Waals surface area contributed by atoms with Crippen molar-refractivity contribution in [1.29, 1.82) is 0 Å². The fraction of sp³-hybridized carbons (Fsp3) is 0.535. The molecule has 1 aromatic carbocycles. The second kappa shape index (κ2) is 22.6. The van der Waals surface area contributed by atoms with Crippen LogP contribution in [0.2, 0.25) is 0 Å². The minimum atomic E-state index is -1.12. The number of fused-ring (bicyclic) bond motifs is 2. The van der Waals surface area contributed by atoms with Gasteiger partial charge in [-0.3, -0.25) is 29.0 Å². The van der Waals surface area contributed by atoms with Crippen LogP contribution in [0.25, 0.3) is 0 Å². The Kier molecular flexibility index (Phi) is 18.4. The number of benzene rings is 1. The summed E-state index contributed by atoms with van der Waals surface area (Å²) in [4.78, 5) is 81.4. The number of Topliss-reactive ketones (excluding diaryl/α,β-unsaturated/α-hetero) is 1. The zero-order valence-electron chi connectivity index (χ0n) is 33.9. The fourth-order valence-corrected chi connectivity index (χ4v) is 6.50. The molecule has 1 saturated heterocycles. The number of hydrogen-bond acceptors (Lipinski definition) is 9. The highest BCUT2D eigenvalue weighted by molar-refractivity contribution is 5.93. The van der Waals surface area contributed by atoms with Gasteiger partial charge in [0.05, 0.1) is 12.0 Å². The molecule has 306 valence electrons. The van der Waals surface area contributed by atoms with Crippen molar-refractivity contribution in [2.24, 2.45) is 17.8 Å². The molecule has 2 aliphatic rings. The maximum atomic E-state index is 14.3. The van der Waals surface area contributed by atoms with E-state index in [1.54, 1.807) is 40.1 Å². The number of hydrogen-bond donors (Lipinski definition) is 4. The van der Waals surface area contributed by atoms with Crippen LogP contribution in [-0.2, 0) is 39.9 Å². The van der Waals surface area contributed by atoms with E-state index in [1.165, 1.54) is 22.9 Å². The third kappa shape index (κ3) is 14.3. The van der Waals surface area contributed by atoms with Crippen LogP contribution in [0.3, 0.4) is 0 Å². The summed E-state index contributed by atoms with van der Waals surface area (Å²) in [5, 5.41) is 18.5. The number of esters is 1. The van der Waals surface area contributed by atoms with E-state index < -0.39 is 65.9 Å². The van der Waals surface area contributed by atoms with Crippen LogP contribution in [0.5, 0.6) is 0 Å². The van der Waals surface area contributed by atoms with Crippen LogP contribution in [0.1, 0.15) is 78.7 Å². The van der Waals surface area contributed by atoms with Gasteiger partial charge in [-0.2, -0.15) is 0 Å². The second-order valence-electron chi connectivity index (χ2n) is 15.4. The molecule has 4 amide bonds. The number of rotatable bonds is 9. The van der Waals surface area contributed by atoms with Gasteiger partial charge < -0.3 is 30.2 Å². The Morgan fingerprint density at radius 1 is 1.00 bits per heavy atom.